The second-order valence-corrected chi connectivity index (χ2v) is 8.12. The highest BCUT2D eigenvalue weighted by Crippen LogP contribution is 2.21. The van der Waals surface area contributed by atoms with Gasteiger partial charge in [0.15, 0.2) is 5.96 Å². The molecule has 1 aliphatic heterocycles. The topological polar surface area (TPSA) is 74.6 Å². The van der Waals surface area contributed by atoms with Crippen molar-refractivity contribution in [2.45, 2.75) is 59.0 Å². The van der Waals surface area contributed by atoms with Gasteiger partial charge < -0.3 is 15.5 Å². The number of amides is 1. The van der Waals surface area contributed by atoms with Gasteiger partial charge in [0.05, 0.1) is 5.69 Å². The van der Waals surface area contributed by atoms with Gasteiger partial charge in [-0.25, -0.2) is 0 Å². The first kappa shape index (κ1) is 25.2. The molecule has 0 radical (unpaired) electrons. The quantitative estimate of drug-likeness (QED) is 0.336. The Bertz CT molecular complexity index is 906. The fourth-order valence-corrected chi connectivity index (χ4v) is 3.96. The van der Waals surface area contributed by atoms with E-state index in [4.69, 9.17) is 0 Å². The van der Waals surface area contributed by atoms with Crippen LogP contribution in [-0.2, 0) is 24.8 Å². The lowest BCUT2D eigenvalue weighted by Crippen LogP contribution is -2.42. The number of halogens is 1. The summed E-state index contributed by atoms with van der Waals surface area (Å²) < 4.78 is 1.94. The summed E-state index contributed by atoms with van der Waals surface area (Å²) in [5, 5.41) is 11.4. The highest BCUT2D eigenvalue weighted by atomic mass is 127. The van der Waals surface area contributed by atoms with Gasteiger partial charge in [-0.3, -0.25) is 14.5 Å². The van der Waals surface area contributed by atoms with E-state index in [-0.39, 0.29) is 35.9 Å². The van der Waals surface area contributed by atoms with Crippen LogP contribution in [0.25, 0.3) is 0 Å². The molecular formula is C23H35IN6O. The van der Waals surface area contributed by atoms with Crippen molar-refractivity contribution in [1.29, 1.82) is 0 Å². The Morgan fingerprint density at radius 3 is 2.52 bits per heavy atom. The Morgan fingerprint density at radius 2 is 1.94 bits per heavy atom. The maximum atomic E-state index is 12.1. The Kier molecular flexibility index (Phi) is 9.33. The van der Waals surface area contributed by atoms with Gasteiger partial charge in [-0.05, 0) is 63.3 Å². The number of guanidine groups is 1. The molecule has 2 N–H and O–H groups in total. The van der Waals surface area contributed by atoms with E-state index in [0.29, 0.717) is 13.0 Å². The van der Waals surface area contributed by atoms with Gasteiger partial charge in [0.1, 0.15) is 0 Å². The molecule has 0 spiro atoms. The van der Waals surface area contributed by atoms with Gasteiger partial charge in [-0.2, -0.15) is 5.10 Å². The Labute approximate surface area is 202 Å². The summed E-state index contributed by atoms with van der Waals surface area (Å²) in [5.41, 5.74) is 5.71. The molecule has 8 heteroatoms. The number of aryl methyl sites for hydroxylation is 2. The van der Waals surface area contributed by atoms with Gasteiger partial charge >= 0.3 is 0 Å². The van der Waals surface area contributed by atoms with E-state index in [9.17, 15) is 4.79 Å². The molecule has 7 nitrogen and oxygen atoms in total. The minimum absolute atomic E-state index is 0. The highest BCUT2D eigenvalue weighted by molar-refractivity contribution is 14.0. The van der Waals surface area contributed by atoms with Crippen LogP contribution in [0.1, 0.15) is 48.7 Å². The lowest BCUT2D eigenvalue weighted by atomic mass is 10.1. The minimum Gasteiger partial charge on any atom is -0.354 e. The lowest BCUT2D eigenvalue weighted by molar-refractivity contribution is -0.119. The lowest BCUT2D eigenvalue weighted by Gasteiger charge is -2.27. The largest absolute Gasteiger partial charge is 0.354 e. The molecule has 3 rings (SSSR count). The third-order valence-corrected chi connectivity index (χ3v) is 5.81. The zero-order valence-corrected chi connectivity index (χ0v) is 21.6. The van der Waals surface area contributed by atoms with Crippen LogP contribution >= 0.6 is 24.0 Å². The van der Waals surface area contributed by atoms with Crippen LogP contribution in [0.2, 0.25) is 0 Å². The number of anilines is 1. The number of hydrogen-bond acceptors (Lipinski definition) is 3. The van der Waals surface area contributed by atoms with Crippen molar-refractivity contribution in [2.24, 2.45) is 12.0 Å². The molecule has 31 heavy (non-hydrogen) atoms. The van der Waals surface area contributed by atoms with E-state index in [2.05, 4.69) is 53.6 Å². The van der Waals surface area contributed by atoms with Crippen molar-refractivity contribution in [2.75, 3.05) is 18.5 Å². The van der Waals surface area contributed by atoms with Crippen molar-refractivity contribution in [3.05, 3.63) is 46.8 Å². The van der Waals surface area contributed by atoms with Gasteiger partial charge in [-0.1, -0.05) is 12.1 Å². The van der Waals surface area contributed by atoms with E-state index in [1.807, 2.05) is 28.8 Å². The molecule has 1 aromatic heterocycles. The predicted molar refractivity (Wildman–Crippen MR) is 137 cm³/mol. The summed E-state index contributed by atoms with van der Waals surface area (Å²) >= 11 is 0. The molecule has 170 valence electrons. The first-order valence-electron chi connectivity index (χ1n) is 10.7. The fraction of sp³-hybridized carbons (Fsp3) is 0.522. The summed E-state index contributed by atoms with van der Waals surface area (Å²) in [6.45, 7) is 7.81. The van der Waals surface area contributed by atoms with E-state index < -0.39 is 0 Å². The van der Waals surface area contributed by atoms with Gasteiger partial charge in [0.25, 0.3) is 0 Å². The maximum Gasteiger partial charge on any atom is 0.226 e. The molecule has 1 amide bonds. The van der Waals surface area contributed by atoms with Gasteiger partial charge in [-0.15, -0.1) is 24.0 Å². The Balaban J connectivity index is 0.00000341. The molecule has 1 unspecified atom stereocenters. The average Bonchev–Trinajstić information content (AvgIpc) is 2.98. The predicted octanol–water partition coefficient (Wildman–Crippen LogP) is 3.47. The van der Waals surface area contributed by atoms with Gasteiger partial charge in [0, 0.05) is 51.0 Å². The number of piperidine rings is 1. The maximum absolute atomic E-state index is 12.1. The second kappa shape index (κ2) is 11.5. The van der Waals surface area contributed by atoms with Crippen LogP contribution < -0.4 is 15.5 Å². The van der Waals surface area contributed by atoms with E-state index in [0.717, 1.165) is 48.7 Å². The van der Waals surface area contributed by atoms with E-state index >= 15 is 0 Å². The van der Waals surface area contributed by atoms with E-state index in [1.54, 1.807) is 7.05 Å². The number of nitrogens with zero attached hydrogens (tertiary/aromatic N) is 4. The molecular weight excluding hydrogens is 503 g/mol. The molecule has 0 aliphatic carbocycles. The summed E-state index contributed by atoms with van der Waals surface area (Å²) in [5.74, 6) is 1.00. The summed E-state index contributed by atoms with van der Waals surface area (Å²) in [4.78, 5) is 18.3. The Hall–Kier alpha value is -2.10. The Morgan fingerprint density at radius 1 is 1.23 bits per heavy atom. The van der Waals surface area contributed by atoms with Gasteiger partial charge in [0.2, 0.25) is 5.91 Å². The highest BCUT2D eigenvalue weighted by Gasteiger charge is 2.19. The summed E-state index contributed by atoms with van der Waals surface area (Å²) in [7, 11) is 3.77. The van der Waals surface area contributed by atoms with Crippen molar-refractivity contribution in [1.82, 2.24) is 20.4 Å². The van der Waals surface area contributed by atoms with Crippen LogP contribution in [0.15, 0.2) is 29.3 Å². The van der Waals surface area contributed by atoms with Crippen LogP contribution in [0.4, 0.5) is 5.69 Å². The average molecular weight is 538 g/mol. The van der Waals surface area contributed by atoms with Crippen LogP contribution in [0.5, 0.6) is 0 Å². The normalized spacial score (nSPS) is 15.5. The van der Waals surface area contributed by atoms with Crippen molar-refractivity contribution in [3.63, 3.8) is 0 Å². The van der Waals surface area contributed by atoms with Crippen LogP contribution in [-0.4, -0.2) is 41.3 Å². The third-order valence-electron chi connectivity index (χ3n) is 5.81. The van der Waals surface area contributed by atoms with Crippen molar-refractivity contribution < 1.29 is 4.79 Å². The number of benzene rings is 1. The standard InChI is InChI=1S/C23H34N6O.HI/c1-16(14-21-17(2)27-28(5)18(21)3)26-23(24-4)25-15-19-9-11-20(12-10-19)29-13-7-6-8-22(29)30;/h9-12,16H,6-8,13-15H2,1-5H3,(H2,24,25,26);1H. The smallest absolute Gasteiger partial charge is 0.226 e. The number of hydrogen-bond donors (Lipinski definition) is 2. The number of rotatable bonds is 6. The van der Waals surface area contributed by atoms with Crippen molar-refractivity contribution >= 4 is 41.5 Å². The number of carbonyl (C=O) groups excluding carboxylic acids is 1. The summed E-state index contributed by atoms with van der Waals surface area (Å²) in [6, 6.07) is 8.44. The monoisotopic (exact) mass is 538 g/mol. The summed E-state index contributed by atoms with van der Waals surface area (Å²) in [6.07, 6.45) is 3.63. The molecule has 1 aliphatic rings. The van der Waals surface area contributed by atoms with Crippen molar-refractivity contribution in [3.8, 4) is 0 Å². The molecule has 1 aromatic carbocycles. The molecule has 0 saturated carbocycles. The van der Waals surface area contributed by atoms with E-state index in [1.165, 1.54) is 11.3 Å². The molecule has 1 atom stereocenters. The number of nitrogens with one attached hydrogen (secondary N) is 2. The zero-order valence-electron chi connectivity index (χ0n) is 19.2. The van der Waals surface area contributed by atoms with Crippen LogP contribution in [0, 0.1) is 13.8 Å². The third kappa shape index (κ3) is 6.44. The van der Waals surface area contributed by atoms with Crippen LogP contribution in [0.3, 0.4) is 0 Å². The minimum atomic E-state index is 0. The SMILES string of the molecule is CN=C(NCc1ccc(N2CCCCC2=O)cc1)NC(C)Cc1c(C)nn(C)c1C.I. The molecule has 2 heterocycles. The fourth-order valence-electron chi connectivity index (χ4n) is 3.96. The number of carbonyl (C=O) groups is 1. The molecule has 1 fully saturated rings. The molecule has 1 saturated heterocycles. The second-order valence-electron chi connectivity index (χ2n) is 8.12. The first-order chi connectivity index (χ1) is 14.4. The first-order valence-corrected chi connectivity index (χ1v) is 10.7. The zero-order chi connectivity index (χ0) is 21.7. The number of aromatic nitrogens is 2. The molecule has 2 aromatic rings. The molecule has 0 bridgehead atoms. The number of aliphatic imine (C=N–C) groups is 1.